The molecular formula is C18H19IN4O3. The average Bonchev–Trinajstić information content (AvgIpc) is 2.93. The zero-order valence-corrected chi connectivity index (χ0v) is 16.8. The summed E-state index contributed by atoms with van der Waals surface area (Å²) in [6, 6.07) is 12.9. The van der Waals surface area contributed by atoms with Crippen LogP contribution in [-0.2, 0) is 11.8 Å². The zero-order chi connectivity index (χ0) is 18.0. The molecule has 3 rings (SSSR count). The van der Waals surface area contributed by atoms with E-state index in [9.17, 15) is 9.59 Å². The van der Waals surface area contributed by atoms with Crippen LogP contribution in [0.1, 0.15) is 6.92 Å². The van der Waals surface area contributed by atoms with Crippen LogP contribution in [-0.4, -0.2) is 23.6 Å². The molecule has 0 spiro atoms. The second-order valence-corrected chi connectivity index (χ2v) is 5.56. The molecule has 0 unspecified atom stereocenters. The largest absolute Gasteiger partial charge is 1.00 e. The normalized spacial score (nSPS) is 10.1. The molecule has 2 N–H and O–H groups in total. The van der Waals surface area contributed by atoms with Crippen LogP contribution in [0.25, 0.3) is 16.9 Å². The molecule has 2 amide bonds. The molecule has 136 valence electrons. The van der Waals surface area contributed by atoms with Gasteiger partial charge in [0.1, 0.15) is 17.6 Å². The molecule has 7 nitrogen and oxygen atoms in total. The number of aryl methyl sites for hydroxylation is 1. The number of nitrogens with one attached hydrogen (secondary N) is 2. The Hall–Kier alpha value is -2.62. The lowest BCUT2D eigenvalue weighted by Crippen LogP contribution is -3.00. The predicted molar refractivity (Wildman–Crippen MR) is 93.4 cm³/mol. The predicted octanol–water partition coefficient (Wildman–Crippen LogP) is -0.889. The second-order valence-electron chi connectivity index (χ2n) is 5.56. The van der Waals surface area contributed by atoms with Crippen LogP contribution in [0.5, 0.6) is 5.75 Å². The molecule has 1 aromatic carbocycles. The highest BCUT2D eigenvalue weighted by Gasteiger charge is 2.17. The van der Waals surface area contributed by atoms with Gasteiger partial charge in [0.05, 0.1) is 7.05 Å². The van der Waals surface area contributed by atoms with Crippen LogP contribution in [0, 0.1) is 0 Å². The molecule has 0 radical (unpaired) electrons. The van der Waals surface area contributed by atoms with Crippen molar-refractivity contribution in [2.75, 3.05) is 12.4 Å². The smallest absolute Gasteiger partial charge is 0.412 e. The first-order valence-corrected chi connectivity index (χ1v) is 7.77. The van der Waals surface area contributed by atoms with E-state index in [1.165, 1.54) is 14.0 Å². The summed E-state index contributed by atoms with van der Waals surface area (Å²) in [6.45, 7) is 1.48. The van der Waals surface area contributed by atoms with Gasteiger partial charge in [0.25, 0.3) is 5.91 Å². The molecule has 0 saturated carbocycles. The molecule has 0 bridgehead atoms. The maximum absolute atomic E-state index is 11.4. The van der Waals surface area contributed by atoms with E-state index in [-0.39, 0.29) is 29.9 Å². The first-order valence-electron chi connectivity index (χ1n) is 7.77. The Balaban J connectivity index is 0.00000243. The number of anilines is 1. The van der Waals surface area contributed by atoms with Crippen LogP contribution in [0.3, 0.4) is 0 Å². The van der Waals surface area contributed by atoms with Crippen LogP contribution in [0.2, 0.25) is 0 Å². The quantitative estimate of drug-likeness (QED) is 0.389. The standard InChI is InChI=1S/C18H18N4O3.HI/c1-12(23)20-16-5-4-6-17-21(3)15(11-22(16)17)13-7-9-14(10-8-13)25-18(24)19-2;/h4-11H,1-3H3,(H,19,24);1H. The van der Waals surface area contributed by atoms with Crippen molar-refractivity contribution in [3.05, 3.63) is 48.7 Å². The minimum absolute atomic E-state index is 0. The van der Waals surface area contributed by atoms with Gasteiger partial charge < -0.3 is 34.0 Å². The van der Waals surface area contributed by atoms with Crippen LogP contribution in [0.4, 0.5) is 10.6 Å². The highest BCUT2D eigenvalue weighted by atomic mass is 127. The van der Waals surface area contributed by atoms with Gasteiger partial charge in [0, 0.05) is 31.7 Å². The Morgan fingerprint density at radius 3 is 2.42 bits per heavy atom. The van der Waals surface area contributed by atoms with E-state index in [0.29, 0.717) is 11.6 Å². The molecule has 0 fully saturated rings. The minimum Gasteiger partial charge on any atom is -1.00 e. The molecule has 2 heterocycles. The number of amides is 2. The van der Waals surface area contributed by atoms with Crippen molar-refractivity contribution >= 4 is 23.5 Å². The van der Waals surface area contributed by atoms with Crippen molar-refractivity contribution in [2.45, 2.75) is 6.92 Å². The fourth-order valence-corrected chi connectivity index (χ4v) is 2.65. The topological polar surface area (TPSA) is 76.5 Å². The molecule has 0 atom stereocenters. The number of halogens is 1. The number of aromatic nitrogens is 2. The Morgan fingerprint density at radius 2 is 1.81 bits per heavy atom. The summed E-state index contributed by atoms with van der Waals surface area (Å²) >= 11 is 0. The summed E-state index contributed by atoms with van der Waals surface area (Å²) in [6.07, 6.45) is 1.45. The van der Waals surface area contributed by atoms with Crippen LogP contribution >= 0.6 is 0 Å². The molecule has 0 aliphatic heterocycles. The number of imidazole rings is 1. The second kappa shape index (κ2) is 8.17. The van der Waals surface area contributed by atoms with E-state index in [0.717, 1.165) is 16.9 Å². The molecule has 26 heavy (non-hydrogen) atoms. The van der Waals surface area contributed by atoms with Crippen molar-refractivity contribution in [1.29, 1.82) is 0 Å². The third-order valence-electron chi connectivity index (χ3n) is 3.83. The zero-order valence-electron chi connectivity index (χ0n) is 14.6. The molecule has 0 aliphatic rings. The van der Waals surface area contributed by atoms with E-state index < -0.39 is 6.09 Å². The van der Waals surface area contributed by atoms with Gasteiger partial charge >= 0.3 is 6.09 Å². The maximum Gasteiger partial charge on any atom is 0.412 e. The number of hydrogen-bond donors (Lipinski definition) is 2. The Morgan fingerprint density at radius 1 is 1.12 bits per heavy atom. The van der Waals surface area contributed by atoms with Gasteiger partial charge in [-0.3, -0.25) is 9.36 Å². The van der Waals surface area contributed by atoms with E-state index >= 15 is 0 Å². The average molecular weight is 466 g/mol. The highest BCUT2D eigenvalue weighted by Crippen LogP contribution is 2.23. The van der Waals surface area contributed by atoms with Gasteiger partial charge in [0.2, 0.25) is 11.5 Å². The SMILES string of the molecule is CNC(=O)Oc1ccc(-c2c[n+]3c(NC(C)=O)cccc3n2C)cc1.[I-]. The summed E-state index contributed by atoms with van der Waals surface area (Å²) in [5.41, 5.74) is 2.86. The van der Waals surface area contributed by atoms with Gasteiger partial charge in [-0.1, -0.05) is 0 Å². The fourth-order valence-electron chi connectivity index (χ4n) is 2.65. The number of nitrogens with zero attached hydrogens (tertiary/aromatic N) is 2. The van der Waals surface area contributed by atoms with Crippen molar-refractivity contribution in [3.8, 4) is 17.0 Å². The fraction of sp³-hybridized carbons (Fsp3) is 0.167. The molecule has 8 heteroatoms. The van der Waals surface area contributed by atoms with E-state index in [2.05, 4.69) is 10.6 Å². The first-order chi connectivity index (χ1) is 12.0. The van der Waals surface area contributed by atoms with Gasteiger partial charge in [0.15, 0.2) is 0 Å². The minimum atomic E-state index is -0.507. The number of benzene rings is 1. The van der Waals surface area contributed by atoms with Crippen molar-refractivity contribution < 1.29 is 42.7 Å². The Labute approximate surface area is 168 Å². The van der Waals surface area contributed by atoms with Gasteiger partial charge in [-0.25, -0.2) is 14.5 Å². The summed E-state index contributed by atoms with van der Waals surface area (Å²) in [5, 5.41) is 5.23. The van der Waals surface area contributed by atoms with Crippen molar-refractivity contribution in [2.24, 2.45) is 7.05 Å². The van der Waals surface area contributed by atoms with Crippen molar-refractivity contribution in [1.82, 2.24) is 9.88 Å². The number of carbonyl (C=O) groups excluding carboxylic acids is 2. The summed E-state index contributed by atoms with van der Waals surface area (Å²) < 4.78 is 9.05. The summed E-state index contributed by atoms with van der Waals surface area (Å²) in [4.78, 5) is 22.6. The monoisotopic (exact) mass is 466 g/mol. The Kier molecular flexibility index (Phi) is 6.19. The number of ether oxygens (including phenoxy) is 1. The number of hydrogen-bond acceptors (Lipinski definition) is 3. The summed E-state index contributed by atoms with van der Waals surface area (Å²) in [5.74, 6) is 1.04. The molecule has 2 aromatic heterocycles. The lowest BCUT2D eigenvalue weighted by Gasteiger charge is -2.04. The maximum atomic E-state index is 11.4. The summed E-state index contributed by atoms with van der Waals surface area (Å²) in [7, 11) is 3.47. The number of rotatable bonds is 3. The lowest BCUT2D eigenvalue weighted by molar-refractivity contribution is -0.494. The van der Waals surface area contributed by atoms with Gasteiger partial charge in [-0.15, -0.1) is 0 Å². The van der Waals surface area contributed by atoms with Gasteiger partial charge in [-0.2, -0.15) is 0 Å². The number of fused-ring (bicyclic) bond motifs is 1. The third-order valence-corrected chi connectivity index (χ3v) is 3.83. The molecular weight excluding hydrogens is 447 g/mol. The van der Waals surface area contributed by atoms with E-state index in [4.69, 9.17) is 4.74 Å². The molecule has 0 saturated heterocycles. The van der Waals surface area contributed by atoms with Crippen LogP contribution in [0.15, 0.2) is 48.7 Å². The Bertz CT molecular complexity index is 951. The van der Waals surface area contributed by atoms with Crippen molar-refractivity contribution in [3.63, 3.8) is 0 Å². The molecule has 3 aromatic rings. The number of carbonyl (C=O) groups is 2. The van der Waals surface area contributed by atoms with Gasteiger partial charge in [-0.05, 0) is 30.3 Å². The first kappa shape index (κ1) is 19.7. The van der Waals surface area contributed by atoms with Crippen LogP contribution < -0.4 is 43.7 Å². The highest BCUT2D eigenvalue weighted by molar-refractivity contribution is 5.87. The third kappa shape index (κ3) is 3.96. The number of pyridine rings is 1. The van der Waals surface area contributed by atoms with E-state index in [1.54, 1.807) is 12.1 Å². The lowest BCUT2D eigenvalue weighted by atomic mass is 10.1. The molecule has 0 aliphatic carbocycles. The van der Waals surface area contributed by atoms with E-state index in [1.807, 2.05) is 52.5 Å².